The zero-order valence-electron chi connectivity index (χ0n) is 64.8. The van der Waals surface area contributed by atoms with Gasteiger partial charge < -0.3 is 4.74 Å². The van der Waals surface area contributed by atoms with Crippen LogP contribution in [0.15, 0.2) is 156 Å². The molecule has 0 atom stereocenters. The average molecular weight is 1620 g/mol. The Morgan fingerprint density at radius 2 is 0.786 bits per heavy atom. The molecule has 8 aromatic heterocycles. The average Bonchev–Trinajstić information content (AvgIpc) is 1.52. The summed E-state index contributed by atoms with van der Waals surface area (Å²) in [5.74, 6) is 0.416. The number of hydrogen-bond donors (Lipinski definition) is 0. The lowest BCUT2D eigenvalue weighted by Gasteiger charge is -2.29. The second kappa shape index (κ2) is 35.0. The fourth-order valence-corrected chi connectivity index (χ4v) is 27.5. The molecule has 0 amide bonds. The van der Waals surface area contributed by atoms with Gasteiger partial charge in [0.1, 0.15) is 18.9 Å². The molecule has 0 bridgehead atoms. The highest BCUT2D eigenvalue weighted by atomic mass is 32.1. The van der Waals surface area contributed by atoms with E-state index >= 15 is 0 Å². The molecule has 0 spiro atoms. The molecule has 3 aromatic carbocycles. The quantitative estimate of drug-likeness (QED) is 0.0174. The summed E-state index contributed by atoms with van der Waals surface area (Å²) >= 11 is 14.9. The third-order valence-corrected chi connectivity index (χ3v) is 32.6. The van der Waals surface area contributed by atoms with E-state index in [9.17, 15) is 14.9 Å². The standard InChI is InChI=1S/C97H92N4O3S8/c1-10-15-20-25-34-61-42-46-83(105-61)96(84-47-43-62(106-84)35-26-21-16-11-2)76-55-66(53-74-88(95(100-8)101-9)68-39-30-32-41-70(68)90(74)103)110-91(76)93-77(96)57-81(111-93)71-56-80(104-50-33-24-19-14-5)72(51-60(71)6)82-58-78-94(112-82)92-75(54-65(109-92)52-73-87(79(59-98)99-7)67-38-29-31-40-69(67)89(73)102)97(78,85-48-44-63(107-85)36-27-22-17-12-3)86-49-45-64(108-86)37-28-23-18-13-4/h29-32,38-49,51-58H,10-28,33-37,50H2,1-6H3/b73-52-,74-53-,87-79-. The van der Waals surface area contributed by atoms with Gasteiger partial charge in [0.15, 0.2) is 11.6 Å². The number of fused-ring (bicyclic) bond motifs is 8. The minimum atomic E-state index is -0.691. The van der Waals surface area contributed by atoms with Gasteiger partial charge in [-0.3, -0.25) is 9.59 Å². The predicted octanol–water partition coefficient (Wildman–Crippen LogP) is 30.2. The SMILES string of the molecule is [C-]#[N+]C([N+]#[C-])=C1/C(=C/c2cc3c(s2)-c2sc(-c4cc(OCCCCCC)c(-c5cc6c(s5)-c5sc(/C=C7\C(=O)c8ccccc8\C7=C(/C#N)[N+]#[C-])cc5C6(c5ccc(CCCCCC)s5)c5ccc(CCCCCC)s5)cc4C)cc2C3(c2ccc(CCCCCC)s2)c2ccc(CCCCCC)s2)C(=O)c2ccccc21. The molecule has 11 aromatic rings. The molecule has 0 aliphatic heterocycles. The van der Waals surface area contributed by atoms with Crippen LogP contribution in [0.1, 0.15) is 271 Å². The number of thiophene rings is 8. The molecular weight excluding hydrogens is 1530 g/mol. The van der Waals surface area contributed by atoms with Crippen molar-refractivity contribution in [3.8, 4) is 52.2 Å². The summed E-state index contributed by atoms with van der Waals surface area (Å²) in [6, 6.07) is 50.6. The van der Waals surface area contributed by atoms with Gasteiger partial charge in [-0.2, -0.15) is 9.69 Å². The summed E-state index contributed by atoms with van der Waals surface area (Å²) in [4.78, 5) is 60.2. The largest absolute Gasteiger partial charge is 0.528 e. The molecule has 0 unspecified atom stereocenters. The van der Waals surface area contributed by atoms with Crippen LogP contribution in [0.4, 0.5) is 0 Å². The summed E-state index contributed by atoms with van der Waals surface area (Å²) in [5, 5.41) is 10.5. The molecule has 15 rings (SSSR count). The molecule has 0 saturated carbocycles. The van der Waals surface area contributed by atoms with Crippen molar-refractivity contribution < 1.29 is 14.3 Å². The monoisotopic (exact) mass is 1620 g/mol. The molecule has 4 aliphatic carbocycles. The van der Waals surface area contributed by atoms with E-state index in [0.717, 1.165) is 119 Å². The Hall–Kier alpha value is -8.68. The van der Waals surface area contributed by atoms with Crippen molar-refractivity contribution >= 4 is 126 Å². The van der Waals surface area contributed by atoms with Crippen molar-refractivity contribution in [2.24, 2.45) is 0 Å². The van der Waals surface area contributed by atoms with Gasteiger partial charge in [0.05, 0.1) is 55.2 Å². The number of unbranched alkanes of at least 4 members (excludes halogenated alkanes) is 15. The summed E-state index contributed by atoms with van der Waals surface area (Å²) in [7, 11) is 0. The molecule has 0 radical (unpaired) electrons. The third kappa shape index (κ3) is 14.6. The van der Waals surface area contributed by atoms with Crippen LogP contribution < -0.4 is 4.74 Å². The van der Waals surface area contributed by atoms with E-state index in [4.69, 9.17) is 24.5 Å². The maximum Gasteiger partial charge on any atom is 0.528 e. The van der Waals surface area contributed by atoms with Crippen LogP contribution >= 0.6 is 90.7 Å². The molecule has 0 fully saturated rings. The Morgan fingerprint density at radius 3 is 1.19 bits per heavy atom. The number of nitriles is 1. The Labute approximate surface area is 693 Å². The maximum absolute atomic E-state index is 14.7. The molecule has 15 heteroatoms. The summed E-state index contributed by atoms with van der Waals surface area (Å²) in [5.41, 5.74) is 10.7. The van der Waals surface area contributed by atoms with E-state index in [1.165, 1.54) is 158 Å². The Kier molecular flexibility index (Phi) is 24.5. The maximum atomic E-state index is 14.7. The van der Waals surface area contributed by atoms with E-state index in [0.29, 0.717) is 51.2 Å². The molecule has 7 nitrogen and oxygen atoms in total. The number of ketones is 2. The molecular formula is C97H92N4O3S8. The van der Waals surface area contributed by atoms with Crippen LogP contribution in [0.3, 0.4) is 0 Å². The first-order chi connectivity index (χ1) is 54.9. The Balaban J connectivity index is 0.922. The number of nitrogens with zero attached hydrogens (tertiary/aromatic N) is 4. The van der Waals surface area contributed by atoms with Crippen LogP contribution in [-0.4, -0.2) is 18.2 Å². The number of benzene rings is 3. The predicted molar refractivity (Wildman–Crippen MR) is 477 cm³/mol. The van der Waals surface area contributed by atoms with Gasteiger partial charge in [-0.05, 0) is 206 Å². The van der Waals surface area contributed by atoms with Crippen molar-refractivity contribution in [3.63, 3.8) is 0 Å². The number of carbonyl (C=O) groups is 2. The van der Waals surface area contributed by atoms with E-state index in [1.807, 2.05) is 129 Å². The zero-order chi connectivity index (χ0) is 77.6. The fraction of sp³-hybridized carbons (Fsp3) is 0.340. The van der Waals surface area contributed by atoms with Crippen molar-refractivity contribution in [1.29, 1.82) is 5.26 Å². The topological polar surface area (TPSA) is 80.2 Å². The number of carbonyl (C=O) groups excluding carboxylic acids is 2. The van der Waals surface area contributed by atoms with Crippen LogP contribution in [-0.2, 0) is 36.5 Å². The minimum absolute atomic E-state index is 0.0842. The summed E-state index contributed by atoms with van der Waals surface area (Å²) in [6.45, 7) is 38.7. The molecule has 0 N–H and O–H groups in total. The highest BCUT2D eigenvalue weighted by Gasteiger charge is 2.53. The van der Waals surface area contributed by atoms with Crippen molar-refractivity contribution in [2.75, 3.05) is 6.61 Å². The highest BCUT2D eigenvalue weighted by Crippen LogP contribution is 2.67. The second-order valence-corrected chi connectivity index (χ2v) is 39.0. The molecule has 0 saturated heterocycles. The number of hydrogen-bond acceptors (Lipinski definition) is 12. The van der Waals surface area contributed by atoms with Gasteiger partial charge in [-0.1, -0.05) is 179 Å². The number of ether oxygens (including phenoxy) is 1. The van der Waals surface area contributed by atoms with Crippen molar-refractivity contribution in [1.82, 2.24) is 0 Å². The lowest BCUT2D eigenvalue weighted by Crippen LogP contribution is -2.25. The lowest BCUT2D eigenvalue weighted by atomic mass is 9.76. The first-order valence-electron chi connectivity index (χ1n) is 40.3. The number of allylic oxidation sites excluding steroid dienone is 5. The molecule has 8 heterocycles. The number of aryl methyl sites for hydroxylation is 5. The van der Waals surface area contributed by atoms with Gasteiger partial charge in [-0.25, -0.2) is 10.1 Å². The molecule has 566 valence electrons. The van der Waals surface area contributed by atoms with Gasteiger partial charge in [-0.15, -0.1) is 90.7 Å². The van der Waals surface area contributed by atoms with Gasteiger partial charge in [0.2, 0.25) is 0 Å². The summed E-state index contributed by atoms with van der Waals surface area (Å²) < 4.78 is 7.34. The lowest BCUT2D eigenvalue weighted by molar-refractivity contribution is 0.103. The van der Waals surface area contributed by atoms with Gasteiger partial charge in [0.25, 0.3) is 5.70 Å². The van der Waals surface area contributed by atoms with Crippen LogP contribution in [0.5, 0.6) is 5.75 Å². The van der Waals surface area contributed by atoms with E-state index < -0.39 is 10.8 Å². The number of rotatable bonds is 34. The first kappa shape index (κ1) is 78.6. The Morgan fingerprint density at radius 1 is 0.411 bits per heavy atom. The fourth-order valence-electron chi connectivity index (χ4n) is 17.1. The molecule has 4 aliphatic rings. The van der Waals surface area contributed by atoms with Gasteiger partial charge >= 0.3 is 5.82 Å². The molecule has 112 heavy (non-hydrogen) atoms. The highest BCUT2D eigenvalue weighted by molar-refractivity contribution is 7.26. The third-order valence-electron chi connectivity index (χ3n) is 22.7. The van der Waals surface area contributed by atoms with Crippen molar-refractivity contribution in [3.05, 3.63) is 289 Å². The second-order valence-electron chi connectivity index (χ2n) is 30.1. The zero-order valence-corrected chi connectivity index (χ0v) is 71.3. The van der Waals surface area contributed by atoms with Crippen LogP contribution in [0, 0.1) is 38.0 Å². The normalized spacial score (nSPS) is 15.1. The van der Waals surface area contributed by atoms with Crippen LogP contribution in [0.25, 0.3) is 78.2 Å². The van der Waals surface area contributed by atoms with E-state index in [-0.39, 0.29) is 23.1 Å². The smallest absolute Gasteiger partial charge is 0.493 e. The Bertz CT molecular complexity index is 5590. The minimum Gasteiger partial charge on any atom is -0.493 e. The van der Waals surface area contributed by atoms with Crippen molar-refractivity contribution in [2.45, 2.75) is 206 Å². The van der Waals surface area contributed by atoms with E-state index in [1.54, 1.807) is 22.7 Å². The number of Topliss-reactive ketones (excluding diaryl/α,β-unsaturated/α-hetero) is 2. The van der Waals surface area contributed by atoms with Gasteiger partial charge in [0, 0.05) is 91.9 Å². The first-order valence-corrected chi connectivity index (χ1v) is 46.9. The summed E-state index contributed by atoms with van der Waals surface area (Å²) in [6.07, 6.45) is 31.2. The van der Waals surface area contributed by atoms with E-state index in [2.05, 4.69) is 147 Å². The van der Waals surface area contributed by atoms with Crippen LogP contribution in [0.2, 0.25) is 0 Å².